The van der Waals surface area contributed by atoms with Gasteiger partial charge in [-0.25, -0.2) is 0 Å². The fraction of sp³-hybridized carbons (Fsp3) is 0.500. The van der Waals surface area contributed by atoms with Gasteiger partial charge in [-0.15, -0.1) is 0 Å². The van der Waals surface area contributed by atoms with E-state index < -0.39 is 21.2 Å². The van der Waals surface area contributed by atoms with Crippen LogP contribution >= 0.6 is 21.6 Å². The first-order chi connectivity index (χ1) is 12.9. The van der Waals surface area contributed by atoms with Crippen molar-refractivity contribution in [1.29, 1.82) is 5.26 Å². The van der Waals surface area contributed by atoms with Crippen LogP contribution in [0.1, 0.15) is 30.5 Å². The van der Waals surface area contributed by atoms with Crippen molar-refractivity contribution in [3.63, 3.8) is 0 Å². The van der Waals surface area contributed by atoms with Crippen LogP contribution in [-0.2, 0) is 16.0 Å². The summed E-state index contributed by atoms with van der Waals surface area (Å²) in [4.78, 5) is 28.1. The highest BCUT2D eigenvalue weighted by atomic mass is 33.1. The van der Waals surface area contributed by atoms with E-state index in [0.29, 0.717) is 24.3 Å². The minimum Gasteiger partial charge on any atom is -0.454 e. The topological polar surface area (TPSA) is 82.9 Å². The molecule has 0 aromatic heterocycles. The van der Waals surface area contributed by atoms with Crippen LogP contribution in [0.4, 0.5) is 0 Å². The highest BCUT2D eigenvalue weighted by Crippen LogP contribution is 2.72. The van der Waals surface area contributed by atoms with E-state index in [-0.39, 0.29) is 18.6 Å². The summed E-state index contributed by atoms with van der Waals surface area (Å²) in [5.74, 6) is 1.17. The van der Waals surface area contributed by atoms with Crippen molar-refractivity contribution < 1.29 is 19.1 Å². The maximum Gasteiger partial charge on any atom is 0.261 e. The Kier molecular flexibility index (Phi) is 2.66. The summed E-state index contributed by atoms with van der Waals surface area (Å²) >= 11 is 0. The van der Waals surface area contributed by atoms with Gasteiger partial charge < -0.3 is 19.3 Å². The normalized spacial score (nSPS) is 40.1. The smallest absolute Gasteiger partial charge is 0.261 e. The van der Waals surface area contributed by atoms with Crippen LogP contribution in [0, 0.1) is 16.7 Å². The number of carbonyl (C=O) groups excluding carboxylic acids is 2. The third-order valence-electron chi connectivity index (χ3n) is 6.65. The molecule has 7 nitrogen and oxygen atoms in total. The molecule has 9 heteroatoms. The van der Waals surface area contributed by atoms with E-state index in [4.69, 9.17) is 9.47 Å². The van der Waals surface area contributed by atoms with Gasteiger partial charge in [0.25, 0.3) is 11.8 Å². The van der Waals surface area contributed by atoms with Gasteiger partial charge in [-0.1, -0.05) is 27.7 Å². The molecule has 1 aromatic carbocycles. The molecule has 5 aliphatic heterocycles. The lowest BCUT2D eigenvalue weighted by atomic mass is 9.81. The zero-order valence-corrected chi connectivity index (χ0v) is 16.3. The van der Waals surface area contributed by atoms with Crippen LogP contribution in [0.3, 0.4) is 0 Å². The van der Waals surface area contributed by atoms with Gasteiger partial charge in [0.1, 0.15) is 0 Å². The van der Waals surface area contributed by atoms with Crippen LogP contribution < -0.4 is 9.47 Å². The molecule has 1 spiro atoms. The lowest BCUT2D eigenvalue weighted by Gasteiger charge is -2.57. The zero-order valence-electron chi connectivity index (χ0n) is 14.6. The van der Waals surface area contributed by atoms with Crippen LogP contribution in [0.25, 0.3) is 0 Å². The second-order valence-electron chi connectivity index (χ2n) is 7.86. The molecule has 2 amide bonds. The number of hydrogen-bond donors (Lipinski definition) is 0. The molecule has 0 unspecified atom stereocenters. The predicted molar refractivity (Wildman–Crippen MR) is 97.6 cm³/mol. The van der Waals surface area contributed by atoms with Crippen molar-refractivity contribution in [3.8, 4) is 17.6 Å². The molecule has 27 heavy (non-hydrogen) atoms. The summed E-state index contributed by atoms with van der Waals surface area (Å²) in [5.41, 5.74) is 1.01. The summed E-state index contributed by atoms with van der Waals surface area (Å²) in [7, 11) is 4.55. The minimum absolute atomic E-state index is 0.0836. The Balaban J connectivity index is 1.60. The first kappa shape index (κ1) is 16.0. The van der Waals surface area contributed by atoms with Crippen LogP contribution in [0.5, 0.6) is 11.5 Å². The number of carbonyl (C=O) groups is 2. The first-order valence-corrected chi connectivity index (χ1v) is 10.8. The molecule has 4 atom stereocenters. The number of hydrogen-bond acceptors (Lipinski definition) is 7. The van der Waals surface area contributed by atoms with E-state index >= 15 is 0 Å². The molecule has 0 radical (unpaired) electrons. The molecule has 1 aromatic rings. The molecule has 6 aliphatic rings. The number of likely N-dealkylation sites (N-methyl/N-ethyl adjacent to an activating group) is 1. The Bertz CT molecular complexity index is 1010. The highest BCUT2D eigenvalue weighted by Gasteiger charge is 2.77. The van der Waals surface area contributed by atoms with Gasteiger partial charge in [-0.05, 0) is 25.0 Å². The standard InChI is InChI=1S/C18H15N3O4S2/c1-16-14(22)21-13-9-3-4-11-12(25-8-24-11)10(9)5-17(13,7-19)6-18(21,27-26-16)15(23)20(16)2/h3-4,13H,5-6,8H2,1-2H3/t13-,16-,17+,18-/m0/s1. The molecule has 0 saturated carbocycles. The van der Waals surface area contributed by atoms with Crippen molar-refractivity contribution >= 4 is 33.4 Å². The summed E-state index contributed by atoms with van der Waals surface area (Å²) in [6.07, 6.45) is 0.786. The number of nitrogens with zero attached hydrogens (tertiary/aromatic N) is 3. The molecular weight excluding hydrogens is 386 g/mol. The van der Waals surface area contributed by atoms with E-state index in [1.165, 1.54) is 21.6 Å². The fourth-order valence-electron chi connectivity index (χ4n) is 5.23. The zero-order chi connectivity index (χ0) is 18.8. The molecule has 5 heterocycles. The Morgan fingerprint density at radius 1 is 1.26 bits per heavy atom. The van der Waals surface area contributed by atoms with Crippen molar-refractivity contribution in [1.82, 2.24) is 9.80 Å². The summed E-state index contributed by atoms with van der Waals surface area (Å²) in [6.45, 7) is 1.95. The second kappa shape index (κ2) is 4.50. The van der Waals surface area contributed by atoms with Crippen molar-refractivity contribution in [2.75, 3.05) is 13.8 Å². The van der Waals surface area contributed by atoms with Gasteiger partial charge in [0.05, 0.1) is 17.5 Å². The Morgan fingerprint density at radius 3 is 2.85 bits per heavy atom. The maximum absolute atomic E-state index is 13.5. The van der Waals surface area contributed by atoms with E-state index in [1.54, 1.807) is 23.8 Å². The predicted octanol–water partition coefficient (Wildman–Crippen LogP) is 2.03. The number of benzene rings is 1. The Hall–Kier alpha value is -2.05. The van der Waals surface area contributed by atoms with Gasteiger partial charge >= 0.3 is 0 Å². The van der Waals surface area contributed by atoms with Gasteiger partial charge in [-0.3, -0.25) is 9.59 Å². The molecule has 4 saturated heterocycles. The lowest BCUT2D eigenvalue weighted by molar-refractivity contribution is -0.164. The third-order valence-corrected chi connectivity index (χ3v) is 10.3. The average molecular weight is 401 g/mol. The third kappa shape index (κ3) is 1.49. The van der Waals surface area contributed by atoms with Crippen LogP contribution in [0.2, 0.25) is 0 Å². The molecular formula is C18H15N3O4S2. The van der Waals surface area contributed by atoms with Crippen molar-refractivity contribution in [3.05, 3.63) is 23.3 Å². The number of fused-ring (bicyclic) bond motifs is 7. The van der Waals surface area contributed by atoms with Crippen molar-refractivity contribution in [2.45, 2.75) is 35.5 Å². The second-order valence-corrected chi connectivity index (χ2v) is 10.7. The van der Waals surface area contributed by atoms with Gasteiger partial charge in [0.2, 0.25) is 6.79 Å². The van der Waals surface area contributed by atoms with Crippen LogP contribution in [-0.4, -0.2) is 45.2 Å². The summed E-state index contributed by atoms with van der Waals surface area (Å²) in [5, 5.41) is 10.2. The number of nitriles is 1. The van der Waals surface area contributed by atoms with Gasteiger partial charge in [0.15, 0.2) is 21.2 Å². The number of amides is 2. The van der Waals surface area contributed by atoms with E-state index in [2.05, 4.69) is 6.07 Å². The van der Waals surface area contributed by atoms with Gasteiger partial charge in [0, 0.05) is 19.0 Å². The highest BCUT2D eigenvalue weighted by molar-refractivity contribution is 8.78. The maximum atomic E-state index is 13.5. The number of ether oxygens (including phenoxy) is 2. The molecule has 4 fully saturated rings. The quantitative estimate of drug-likeness (QED) is 0.615. The molecule has 0 N–H and O–H groups in total. The van der Waals surface area contributed by atoms with Gasteiger partial charge in [-0.2, -0.15) is 5.26 Å². The number of piperazine rings is 1. The van der Waals surface area contributed by atoms with E-state index in [1.807, 2.05) is 12.1 Å². The monoisotopic (exact) mass is 401 g/mol. The van der Waals surface area contributed by atoms with E-state index in [0.717, 1.165) is 11.1 Å². The van der Waals surface area contributed by atoms with Crippen LogP contribution in [0.15, 0.2) is 12.1 Å². The Labute approximate surface area is 163 Å². The number of rotatable bonds is 0. The first-order valence-electron chi connectivity index (χ1n) is 8.69. The molecule has 138 valence electrons. The molecule has 2 bridgehead atoms. The molecule has 7 rings (SSSR count). The summed E-state index contributed by atoms with van der Waals surface area (Å²) in [6, 6.07) is 5.82. The largest absolute Gasteiger partial charge is 0.454 e. The van der Waals surface area contributed by atoms with Crippen molar-refractivity contribution in [2.24, 2.45) is 5.41 Å². The lowest BCUT2D eigenvalue weighted by Crippen LogP contribution is -2.73. The summed E-state index contributed by atoms with van der Waals surface area (Å²) < 4.78 is 11.1. The SMILES string of the molecule is CN1C(=O)[C@@]23C[C@@]4(C#N)Cc5c(ccc6c5OCO6)[C@@H]4N2C(=O)[C@]1(C)SS3. The fourth-order valence-corrected chi connectivity index (χ4v) is 8.77. The average Bonchev–Trinajstić information content (AvgIpc) is 3.32. The van der Waals surface area contributed by atoms with E-state index in [9.17, 15) is 14.9 Å². The molecule has 1 aliphatic carbocycles. The minimum atomic E-state index is -1.01. The Morgan fingerprint density at radius 2 is 2.07 bits per heavy atom.